The zero-order valence-corrected chi connectivity index (χ0v) is 14.6. The average Bonchev–Trinajstić information content (AvgIpc) is 3.01. The number of ether oxygens (including phenoxy) is 4. The van der Waals surface area contributed by atoms with Crippen LogP contribution in [0.4, 0.5) is 0 Å². The molecule has 0 bridgehead atoms. The number of benzene rings is 1. The predicted octanol–water partition coefficient (Wildman–Crippen LogP) is 3.09. The number of fused-ring (bicyclic) bond motifs is 1. The van der Waals surface area contributed by atoms with Gasteiger partial charge < -0.3 is 18.9 Å². The molecular formula is C18H24ClNO4. The minimum absolute atomic E-state index is 0.0136. The van der Waals surface area contributed by atoms with E-state index in [-0.39, 0.29) is 6.29 Å². The van der Waals surface area contributed by atoms with Crippen LogP contribution < -0.4 is 9.47 Å². The second-order valence-electron chi connectivity index (χ2n) is 6.68. The Morgan fingerprint density at radius 3 is 2.54 bits per heavy atom. The molecule has 2 saturated heterocycles. The topological polar surface area (TPSA) is 40.2 Å². The third-order valence-corrected chi connectivity index (χ3v) is 5.21. The summed E-state index contributed by atoms with van der Waals surface area (Å²) in [5.41, 5.74) is 1.18. The molecule has 0 spiro atoms. The molecule has 132 valence electrons. The van der Waals surface area contributed by atoms with Gasteiger partial charge in [0, 0.05) is 18.9 Å². The second kappa shape index (κ2) is 7.48. The summed E-state index contributed by atoms with van der Waals surface area (Å²) in [5, 5.41) is 0.645. The van der Waals surface area contributed by atoms with Crippen LogP contribution >= 0.6 is 11.6 Å². The summed E-state index contributed by atoms with van der Waals surface area (Å²) in [5.74, 6) is 1.99. The first-order valence-electron chi connectivity index (χ1n) is 8.83. The van der Waals surface area contributed by atoms with Crippen molar-refractivity contribution >= 4 is 11.6 Å². The van der Waals surface area contributed by atoms with Gasteiger partial charge in [-0.15, -0.1) is 0 Å². The van der Waals surface area contributed by atoms with Crippen molar-refractivity contribution in [3.63, 3.8) is 0 Å². The van der Waals surface area contributed by atoms with Gasteiger partial charge in [-0.1, -0.05) is 11.6 Å². The van der Waals surface area contributed by atoms with E-state index in [2.05, 4.69) is 11.0 Å². The lowest BCUT2D eigenvalue weighted by atomic mass is 9.96. The zero-order chi connectivity index (χ0) is 16.4. The number of piperidine rings is 1. The highest BCUT2D eigenvalue weighted by molar-refractivity contribution is 6.32. The summed E-state index contributed by atoms with van der Waals surface area (Å²) < 4.78 is 22.8. The van der Waals surface area contributed by atoms with Crippen molar-refractivity contribution in [1.29, 1.82) is 0 Å². The van der Waals surface area contributed by atoms with E-state index in [1.54, 1.807) is 0 Å². The summed E-state index contributed by atoms with van der Waals surface area (Å²) in [6.45, 7) is 5.81. The normalized spacial score (nSPS) is 23.4. The Bertz CT molecular complexity index is 568. The highest BCUT2D eigenvalue weighted by Gasteiger charge is 2.30. The van der Waals surface area contributed by atoms with Gasteiger partial charge in [0.15, 0.2) is 17.8 Å². The van der Waals surface area contributed by atoms with Gasteiger partial charge in [0.05, 0.1) is 31.5 Å². The zero-order valence-electron chi connectivity index (χ0n) is 13.8. The van der Waals surface area contributed by atoms with Crippen LogP contribution in [0.25, 0.3) is 0 Å². The fourth-order valence-electron chi connectivity index (χ4n) is 3.67. The predicted molar refractivity (Wildman–Crippen MR) is 90.8 cm³/mol. The van der Waals surface area contributed by atoms with Crippen molar-refractivity contribution in [1.82, 2.24) is 4.90 Å². The van der Waals surface area contributed by atoms with Crippen molar-refractivity contribution < 1.29 is 18.9 Å². The third kappa shape index (κ3) is 3.64. The molecule has 3 aliphatic heterocycles. The lowest BCUT2D eigenvalue weighted by Crippen LogP contribution is -2.37. The summed E-state index contributed by atoms with van der Waals surface area (Å²) in [6.07, 6.45) is 3.13. The van der Waals surface area contributed by atoms with Crippen molar-refractivity contribution in [3.05, 3.63) is 22.7 Å². The van der Waals surface area contributed by atoms with E-state index in [0.717, 1.165) is 57.9 Å². The van der Waals surface area contributed by atoms with Gasteiger partial charge in [0.25, 0.3) is 0 Å². The Labute approximate surface area is 147 Å². The maximum Gasteiger partial charge on any atom is 0.179 e. The highest BCUT2D eigenvalue weighted by atomic mass is 35.5. The SMILES string of the molecule is Clc1cc(CN2CCC(C3OCCO3)CC2)cc2c1OCCCO2. The van der Waals surface area contributed by atoms with Gasteiger partial charge in [-0.05, 0) is 43.6 Å². The van der Waals surface area contributed by atoms with Crippen LogP contribution in [0, 0.1) is 5.92 Å². The minimum Gasteiger partial charge on any atom is -0.489 e. The Hall–Kier alpha value is -1.01. The van der Waals surface area contributed by atoms with E-state index in [4.69, 9.17) is 30.5 Å². The first-order valence-corrected chi connectivity index (χ1v) is 9.21. The average molecular weight is 354 g/mol. The Balaban J connectivity index is 1.37. The third-order valence-electron chi connectivity index (χ3n) is 4.93. The summed E-state index contributed by atoms with van der Waals surface area (Å²) in [7, 11) is 0. The number of hydrogen-bond donors (Lipinski definition) is 0. The Kier molecular flexibility index (Phi) is 5.13. The van der Waals surface area contributed by atoms with Gasteiger partial charge in [0.1, 0.15) is 0 Å². The molecule has 6 heteroatoms. The van der Waals surface area contributed by atoms with E-state index >= 15 is 0 Å². The fraction of sp³-hybridized carbons (Fsp3) is 0.667. The summed E-state index contributed by atoms with van der Waals surface area (Å²) in [4.78, 5) is 2.46. The first-order chi connectivity index (χ1) is 11.8. The van der Waals surface area contributed by atoms with E-state index in [0.29, 0.717) is 29.9 Å². The maximum atomic E-state index is 6.39. The molecule has 0 aromatic heterocycles. The van der Waals surface area contributed by atoms with Gasteiger partial charge in [0.2, 0.25) is 0 Å². The van der Waals surface area contributed by atoms with Crippen molar-refractivity contribution in [3.8, 4) is 11.5 Å². The number of nitrogens with zero attached hydrogens (tertiary/aromatic N) is 1. The number of hydrogen-bond acceptors (Lipinski definition) is 5. The fourth-order valence-corrected chi connectivity index (χ4v) is 3.95. The molecule has 0 unspecified atom stereocenters. The molecule has 3 heterocycles. The second-order valence-corrected chi connectivity index (χ2v) is 7.09. The van der Waals surface area contributed by atoms with Crippen molar-refractivity contribution in [2.75, 3.05) is 39.5 Å². The van der Waals surface area contributed by atoms with Crippen LogP contribution in [0.1, 0.15) is 24.8 Å². The maximum absolute atomic E-state index is 6.39. The molecule has 24 heavy (non-hydrogen) atoms. The Morgan fingerprint density at radius 2 is 1.75 bits per heavy atom. The molecule has 0 N–H and O–H groups in total. The lowest BCUT2D eigenvalue weighted by molar-refractivity contribution is -0.0977. The van der Waals surface area contributed by atoms with Gasteiger partial charge >= 0.3 is 0 Å². The molecule has 1 aromatic carbocycles. The van der Waals surface area contributed by atoms with Crippen LogP contribution in [0.3, 0.4) is 0 Å². The number of halogens is 1. The minimum atomic E-state index is 0.0136. The van der Waals surface area contributed by atoms with Gasteiger partial charge in [-0.25, -0.2) is 0 Å². The molecule has 4 rings (SSSR count). The lowest BCUT2D eigenvalue weighted by Gasteiger charge is -2.33. The van der Waals surface area contributed by atoms with E-state index in [1.165, 1.54) is 5.56 Å². The molecule has 0 atom stereocenters. The standard InChI is InChI=1S/C18H24ClNO4/c19-15-10-13(11-16-17(15)22-7-1-6-21-16)12-20-4-2-14(3-5-20)18-23-8-9-24-18/h10-11,14,18H,1-9,12H2. The van der Waals surface area contributed by atoms with Gasteiger partial charge in [-0.3, -0.25) is 4.90 Å². The molecular weight excluding hydrogens is 330 g/mol. The van der Waals surface area contributed by atoms with Crippen molar-refractivity contribution in [2.24, 2.45) is 5.92 Å². The smallest absolute Gasteiger partial charge is 0.179 e. The highest BCUT2D eigenvalue weighted by Crippen LogP contribution is 2.38. The Morgan fingerprint density at radius 1 is 1.00 bits per heavy atom. The molecule has 2 fully saturated rings. The molecule has 3 aliphatic rings. The van der Waals surface area contributed by atoms with Crippen LogP contribution in [-0.4, -0.2) is 50.7 Å². The molecule has 1 aromatic rings. The quantitative estimate of drug-likeness (QED) is 0.835. The molecule has 5 nitrogen and oxygen atoms in total. The van der Waals surface area contributed by atoms with E-state index in [1.807, 2.05) is 6.07 Å². The summed E-state index contributed by atoms with van der Waals surface area (Å²) in [6, 6.07) is 4.08. The van der Waals surface area contributed by atoms with Crippen LogP contribution in [0.5, 0.6) is 11.5 Å². The molecule has 0 amide bonds. The summed E-state index contributed by atoms with van der Waals surface area (Å²) >= 11 is 6.39. The van der Waals surface area contributed by atoms with Crippen molar-refractivity contribution in [2.45, 2.75) is 32.1 Å². The first kappa shape index (κ1) is 16.5. The molecule has 0 aliphatic carbocycles. The van der Waals surface area contributed by atoms with E-state index < -0.39 is 0 Å². The van der Waals surface area contributed by atoms with Crippen LogP contribution in [0.15, 0.2) is 12.1 Å². The monoisotopic (exact) mass is 353 g/mol. The molecule has 0 radical (unpaired) electrons. The van der Waals surface area contributed by atoms with Crippen LogP contribution in [0.2, 0.25) is 5.02 Å². The molecule has 0 saturated carbocycles. The van der Waals surface area contributed by atoms with Gasteiger partial charge in [-0.2, -0.15) is 0 Å². The van der Waals surface area contributed by atoms with E-state index in [9.17, 15) is 0 Å². The number of rotatable bonds is 3. The number of likely N-dealkylation sites (tertiary alicyclic amines) is 1. The van der Waals surface area contributed by atoms with Crippen LogP contribution in [-0.2, 0) is 16.0 Å². The largest absolute Gasteiger partial charge is 0.489 e.